The lowest BCUT2D eigenvalue weighted by atomic mass is 9.93. The molecule has 0 radical (unpaired) electrons. The standard InChI is InChI=1S/C26H20N4/c1-29(2)21-12-8-17(9-13-21)23-16-30(28-27-23)24-15-11-20-7-6-18-4-3-5-19-10-14-22(24)26(20)25(18)19/h3-16H,1-2H3. The molecule has 4 nitrogen and oxygen atoms in total. The highest BCUT2D eigenvalue weighted by Crippen LogP contribution is 2.37. The van der Waals surface area contributed by atoms with Gasteiger partial charge in [0.05, 0.1) is 11.9 Å². The zero-order chi connectivity index (χ0) is 20.2. The maximum Gasteiger partial charge on any atom is 0.113 e. The number of aromatic nitrogens is 3. The van der Waals surface area contributed by atoms with Gasteiger partial charge >= 0.3 is 0 Å². The molecule has 0 amide bonds. The molecule has 0 bridgehead atoms. The zero-order valence-corrected chi connectivity index (χ0v) is 16.9. The highest BCUT2D eigenvalue weighted by Gasteiger charge is 2.13. The summed E-state index contributed by atoms with van der Waals surface area (Å²) in [5.74, 6) is 0. The van der Waals surface area contributed by atoms with Gasteiger partial charge in [-0.3, -0.25) is 0 Å². The smallest absolute Gasteiger partial charge is 0.113 e. The van der Waals surface area contributed by atoms with Crippen molar-refractivity contribution in [3.8, 4) is 16.9 Å². The van der Waals surface area contributed by atoms with Crippen molar-refractivity contribution < 1.29 is 0 Å². The van der Waals surface area contributed by atoms with E-state index < -0.39 is 0 Å². The van der Waals surface area contributed by atoms with Crippen LogP contribution in [0.4, 0.5) is 5.69 Å². The number of hydrogen-bond donors (Lipinski definition) is 0. The molecule has 0 atom stereocenters. The van der Waals surface area contributed by atoms with E-state index in [1.54, 1.807) is 0 Å². The molecule has 5 aromatic carbocycles. The lowest BCUT2D eigenvalue weighted by Crippen LogP contribution is -2.07. The second kappa shape index (κ2) is 6.29. The van der Waals surface area contributed by atoms with E-state index in [9.17, 15) is 0 Å². The van der Waals surface area contributed by atoms with Crippen molar-refractivity contribution in [2.75, 3.05) is 19.0 Å². The minimum atomic E-state index is 0.867. The van der Waals surface area contributed by atoms with Crippen molar-refractivity contribution in [2.24, 2.45) is 0 Å². The van der Waals surface area contributed by atoms with Crippen molar-refractivity contribution >= 4 is 38.0 Å². The predicted molar refractivity (Wildman–Crippen MR) is 125 cm³/mol. The Bertz CT molecular complexity index is 1490. The molecule has 4 heteroatoms. The molecule has 0 N–H and O–H groups in total. The molecular weight excluding hydrogens is 368 g/mol. The third-order valence-corrected chi connectivity index (χ3v) is 5.93. The molecule has 0 aliphatic carbocycles. The molecule has 1 aromatic heterocycles. The maximum absolute atomic E-state index is 4.46. The molecule has 0 unspecified atom stereocenters. The molecule has 6 aromatic rings. The normalized spacial score (nSPS) is 11.7. The van der Waals surface area contributed by atoms with Crippen molar-refractivity contribution in [3.63, 3.8) is 0 Å². The molecule has 0 saturated heterocycles. The van der Waals surface area contributed by atoms with Crippen molar-refractivity contribution in [1.82, 2.24) is 15.0 Å². The minimum Gasteiger partial charge on any atom is -0.378 e. The molecule has 1 heterocycles. The minimum absolute atomic E-state index is 0.867. The van der Waals surface area contributed by atoms with Gasteiger partial charge in [-0.05, 0) is 45.1 Å². The van der Waals surface area contributed by atoms with Crippen LogP contribution in [-0.4, -0.2) is 29.1 Å². The first-order chi connectivity index (χ1) is 14.7. The predicted octanol–water partition coefficient (Wildman–Crippen LogP) is 5.90. The Balaban J connectivity index is 1.52. The van der Waals surface area contributed by atoms with Crippen LogP contribution >= 0.6 is 0 Å². The van der Waals surface area contributed by atoms with Gasteiger partial charge in [0.25, 0.3) is 0 Å². The van der Waals surface area contributed by atoms with Gasteiger partial charge in [-0.2, -0.15) is 0 Å². The molecule has 30 heavy (non-hydrogen) atoms. The van der Waals surface area contributed by atoms with Gasteiger partial charge in [0.1, 0.15) is 5.69 Å². The third-order valence-electron chi connectivity index (χ3n) is 5.93. The van der Waals surface area contributed by atoms with Crippen LogP contribution in [0.1, 0.15) is 0 Å². The van der Waals surface area contributed by atoms with E-state index in [2.05, 4.69) is 94.1 Å². The summed E-state index contributed by atoms with van der Waals surface area (Å²) in [5, 5.41) is 16.5. The van der Waals surface area contributed by atoms with Crippen molar-refractivity contribution in [1.29, 1.82) is 0 Å². The SMILES string of the molecule is CN(C)c1ccc(-c2cn(-c3ccc4ccc5cccc6ccc3c4c56)nn2)cc1. The van der Waals surface area contributed by atoms with Gasteiger partial charge in [-0.1, -0.05) is 65.9 Å². The summed E-state index contributed by atoms with van der Waals surface area (Å²) in [6, 6.07) is 28.0. The van der Waals surface area contributed by atoms with Gasteiger partial charge in [-0.15, -0.1) is 5.10 Å². The highest BCUT2D eigenvalue weighted by atomic mass is 15.4. The van der Waals surface area contributed by atoms with E-state index in [4.69, 9.17) is 0 Å². The molecule has 6 rings (SSSR count). The van der Waals surface area contributed by atoms with E-state index in [-0.39, 0.29) is 0 Å². The van der Waals surface area contributed by atoms with Crippen LogP contribution in [0.5, 0.6) is 0 Å². The van der Waals surface area contributed by atoms with Crippen LogP contribution in [0.15, 0.2) is 85.1 Å². The Morgan fingerprint density at radius 3 is 2.10 bits per heavy atom. The number of rotatable bonds is 3. The second-order valence-corrected chi connectivity index (χ2v) is 7.93. The maximum atomic E-state index is 4.46. The average Bonchev–Trinajstić information content (AvgIpc) is 3.27. The number of anilines is 1. The third kappa shape index (κ3) is 2.47. The highest BCUT2D eigenvalue weighted by molar-refractivity contribution is 6.24. The zero-order valence-electron chi connectivity index (χ0n) is 16.9. The Hall–Kier alpha value is -3.92. The van der Waals surface area contributed by atoms with Crippen LogP contribution in [0, 0.1) is 0 Å². The lowest BCUT2D eigenvalue weighted by Gasteiger charge is -2.13. The molecule has 0 fully saturated rings. The van der Waals surface area contributed by atoms with Crippen LogP contribution in [0.3, 0.4) is 0 Å². The summed E-state index contributed by atoms with van der Waals surface area (Å²) in [6.07, 6.45) is 2.01. The van der Waals surface area contributed by atoms with Crippen molar-refractivity contribution in [3.05, 3.63) is 85.1 Å². The van der Waals surface area contributed by atoms with Crippen LogP contribution in [-0.2, 0) is 0 Å². The first-order valence-corrected chi connectivity index (χ1v) is 10.1. The summed E-state index contributed by atoms with van der Waals surface area (Å²) in [7, 11) is 4.08. The van der Waals surface area contributed by atoms with Gasteiger partial charge in [-0.25, -0.2) is 4.68 Å². The van der Waals surface area contributed by atoms with Gasteiger partial charge in [0.15, 0.2) is 0 Å². The van der Waals surface area contributed by atoms with Crippen molar-refractivity contribution in [2.45, 2.75) is 0 Å². The first-order valence-electron chi connectivity index (χ1n) is 10.1. The fraction of sp³-hybridized carbons (Fsp3) is 0.0769. The van der Waals surface area contributed by atoms with E-state index in [1.807, 2.05) is 25.0 Å². The van der Waals surface area contributed by atoms with Gasteiger partial charge in [0, 0.05) is 30.7 Å². The molecular formula is C26H20N4. The topological polar surface area (TPSA) is 34.0 Å². The Kier molecular flexibility index (Phi) is 3.56. The number of hydrogen-bond acceptors (Lipinski definition) is 3. The van der Waals surface area contributed by atoms with Gasteiger partial charge < -0.3 is 4.90 Å². The quantitative estimate of drug-likeness (QED) is 0.354. The molecule has 0 aliphatic heterocycles. The summed E-state index contributed by atoms with van der Waals surface area (Å²) >= 11 is 0. The molecule has 0 saturated carbocycles. The largest absolute Gasteiger partial charge is 0.378 e. The summed E-state index contributed by atoms with van der Waals surface area (Å²) in [5.41, 5.74) is 4.14. The van der Waals surface area contributed by atoms with E-state index in [1.165, 1.54) is 32.3 Å². The lowest BCUT2D eigenvalue weighted by molar-refractivity contribution is 0.809. The Morgan fingerprint density at radius 1 is 0.700 bits per heavy atom. The van der Waals surface area contributed by atoms with E-state index in [0.29, 0.717) is 0 Å². The fourth-order valence-electron chi connectivity index (χ4n) is 4.36. The fourth-order valence-corrected chi connectivity index (χ4v) is 4.36. The van der Waals surface area contributed by atoms with Crippen LogP contribution < -0.4 is 4.90 Å². The van der Waals surface area contributed by atoms with Crippen LogP contribution in [0.25, 0.3) is 49.3 Å². The first kappa shape index (κ1) is 17.0. The van der Waals surface area contributed by atoms with Crippen LogP contribution in [0.2, 0.25) is 0 Å². The Labute approximate surface area is 174 Å². The second-order valence-electron chi connectivity index (χ2n) is 7.93. The molecule has 0 spiro atoms. The number of benzene rings is 5. The number of nitrogens with zero attached hydrogens (tertiary/aromatic N) is 4. The summed E-state index contributed by atoms with van der Waals surface area (Å²) < 4.78 is 1.89. The van der Waals surface area contributed by atoms with Gasteiger partial charge in [0.2, 0.25) is 0 Å². The molecule has 144 valence electrons. The van der Waals surface area contributed by atoms with E-state index in [0.717, 1.165) is 22.6 Å². The van der Waals surface area contributed by atoms with E-state index >= 15 is 0 Å². The monoisotopic (exact) mass is 388 g/mol. The summed E-state index contributed by atoms with van der Waals surface area (Å²) in [4.78, 5) is 2.09. The summed E-state index contributed by atoms with van der Waals surface area (Å²) in [6.45, 7) is 0. The Morgan fingerprint density at radius 2 is 1.37 bits per heavy atom. The average molecular weight is 388 g/mol. The molecule has 0 aliphatic rings.